The maximum Gasteiger partial charge on any atom is 0.338 e. The Morgan fingerprint density at radius 1 is 0.966 bits per heavy atom. The van der Waals surface area contributed by atoms with Crippen LogP contribution in [0.15, 0.2) is 60.7 Å². The Kier molecular flexibility index (Phi) is 5.93. The molecular formula is C23H22N2O4. The number of aryl methyl sites for hydroxylation is 1. The highest BCUT2D eigenvalue weighted by Crippen LogP contribution is 2.21. The molecule has 0 saturated carbocycles. The van der Waals surface area contributed by atoms with Crippen LogP contribution in [0, 0.1) is 13.8 Å². The van der Waals surface area contributed by atoms with Crippen molar-refractivity contribution in [2.45, 2.75) is 20.8 Å². The quantitative estimate of drug-likeness (QED) is 0.508. The van der Waals surface area contributed by atoms with Gasteiger partial charge in [-0.25, -0.2) is 4.79 Å². The van der Waals surface area contributed by atoms with Crippen LogP contribution in [0.1, 0.15) is 39.0 Å². The van der Waals surface area contributed by atoms with E-state index in [1.165, 1.54) is 6.92 Å². The Balaban J connectivity index is 1.68. The Labute approximate surface area is 169 Å². The van der Waals surface area contributed by atoms with E-state index < -0.39 is 5.97 Å². The molecule has 2 aromatic carbocycles. The van der Waals surface area contributed by atoms with E-state index in [0.717, 1.165) is 17.1 Å². The number of benzene rings is 2. The fourth-order valence-corrected chi connectivity index (χ4v) is 3.20. The van der Waals surface area contributed by atoms with E-state index in [0.29, 0.717) is 16.8 Å². The van der Waals surface area contributed by atoms with Gasteiger partial charge in [-0.2, -0.15) is 0 Å². The monoisotopic (exact) mass is 390 g/mol. The first-order valence-corrected chi connectivity index (χ1v) is 9.19. The largest absolute Gasteiger partial charge is 0.454 e. The number of carbonyl (C=O) groups excluding carboxylic acids is 3. The fraction of sp³-hybridized carbons (Fsp3) is 0.174. The predicted octanol–water partition coefficient (Wildman–Crippen LogP) is 4.09. The first-order valence-electron chi connectivity index (χ1n) is 9.19. The lowest BCUT2D eigenvalue weighted by atomic mass is 10.1. The van der Waals surface area contributed by atoms with Crippen LogP contribution in [0.3, 0.4) is 0 Å². The number of anilines is 1. The van der Waals surface area contributed by atoms with Gasteiger partial charge in [0.25, 0.3) is 0 Å². The molecule has 6 heteroatoms. The number of hydrogen-bond acceptors (Lipinski definition) is 4. The highest BCUT2D eigenvalue weighted by molar-refractivity contribution is 6.00. The molecule has 0 saturated heterocycles. The highest BCUT2D eigenvalue weighted by atomic mass is 16.5. The molecule has 0 fully saturated rings. The molecule has 6 nitrogen and oxygen atoms in total. The second-order valence-electron chi connectivity index (χ2n) is 6.71. The molecule has 0 aliphatic rings. The van der Waals surface area contributed by atoms with E-state index in [2.05, 4.69) is 5.32 Å². The smallest absolute Gasteiger partial charge is 0.338 e. The number of carbonyl (C=O) groups is 3. The minimum Gasteiger partial charge on any atom is -0.454 e. The molecule has 0 radical (unpaired) electrons. The third-order valence-electron chi connectivity index (χ3n) is 4.52. The van der Waals surface area contributed by atoms with Crippen molar-refractivity contribution in [1.82, 2.24) is 4.57 Å². The number of rotatable bonds is 6. The number of hydrogen-bond donors (Lipinski definition) is 1. The third-order valence-corrected chi connectivity index (χ3v) is 4.52. The number of ether oxygens (including phenoxy) is 1. The molecule has 0 aliphatic heterocycles. The van der Waals surface area contributed by atoms with Gasteiger partial charge in [-0.15, -0.1) is 0 Å². The molecule has 0 atom stereocenters. The van der Waals surface area contributed by atoms with E-state index >= 15 is 0 Å². The van der Waals surface area contributed by atoms with Crippen molar-refractivity contribution in [2.75, 3.05) is 11.9 Å². The van der Waals surface area contributed by atoms with Crippen LogP contribution in [0.4, 0.5) is 5.69 Å². The normalized spacial score (nSPS) is 10.4. The van der Waals surface area contributed by atoms with Gasteiger partial charge in [0.2, 0.25) is 11.7 Å². The second kappa shape index (κ2) is 8.56. The second-order valence-corrected chi connectivity index (χ2v) is 6.71. The minimum absolute atomic E-state index is 0.195. The van der Waals surface area contributed by atoms with Crippen LogP contribution in [0.25, 0.3) is 5.69 Å². The van der Waals surface area contributed by atoms with Crippen molar-refractivity contribution in [3.8, 4) is 5.69 Å². The summed E-state index contributed by atoms with van der Waals surface area (Å²) in [5, 5.41) is 2.62. The molecule has 1 amide bonds. The van der Waals surface area contributed by atoms with Gasteiger partial charge in [-0.3, -0.25) is 9.59 Å². The van der Waals surface area contributed by atoms with E-state index in [4.69, 9.17) is 4.74 Å². The molecule has 0 spiro atoms. The van der Waals surface area contributed by atoms with Gasteiger partial charge in [0, 0.05) is 35.2 Å². The molecule has 29 heavy (non-hydrogen) atoms. The maximum absolute atomic E-state index is 12.6. The predicted molar refractivity (Wildman–Crippen MR) is 111 cm³/mol. The zero-order valence-electron chi connectivity index (χ0n) is 16.6. The van der Waals surface area contributed by atoms with Crippen molar-refractivity contribution in [3.05, 3.63) is 83.2 Å². The Bertz CT molecular complexity index is 1050. The number of Topliss-reactive ketones (excluding diaryl/α,β-unsaturated/α-hetero) is 1. The lowest BCUT2D eigenvalue weighted by Gasteiger charge is -2.10. The molecule has 3 rings (SSSR count). The summed E-state index contributed by atoms with van der Waals surface area (Å²) >= 11 is 0. The van der Waals surface area contributed by atoms with Crippen LogP contribution < -0.4 is 5.32 Å². The van der Waals surface area contributed by atoms with Crippen molar-refractivity contribution in [2.24, 2.45) is 0 Å². The summed E-state index contributed by atoms with van der Waals surface area (Å²) in [5.41, 5.74) is 4.12. The number of ketones is 1. The topological polar surface area (TPSA) is 77.4 Å². The molecule has 148 valence electrons. The summed E-state index contributed by atoms with van der Waals surface area (Å²) in [6.07, 6.45) is 0. The zero-order chi connectivity index (χ0) is 21.0. The van der Waals surface area contributed by atoms with E-state index in [1.54, 1.807) is 30.3 Å². The molecule has 0 bridgehead atoms. The Hall–Kier alpha value is -3.67. The number of amides is 1. The number of nitrogens with one attached hydrogen (secondary N) is 1. The lowest BCUT2D eigenvalue weighted by molar-refractivity contribution is -0.114. The summed E-state index contributed by atoms with van der Waals surface area (Å²) in [6.45, 7) is 4.86. The number of para-hydroxylation sites is 1. The minimum atomic E-state index is -0.593. The van der Waals surface area contributed by atoms with Gasteiger partial charge < -0.3 is 14.6 Å². The molecule has 1 aromatic heterocycles. The van der Waals surface area contributed by atoms with Gasteiger partial charge in [0.1, 0.15) is 0 Å². The summed E-state index contributed by atoms with van der Waals surface area (Å²) in [6, 6.07) is 17.9. The molecule has 1 heterocycles. The standard InChI is InChI=1S/C23H22N2O4/c1-15-13-21(16(2)25(15)20-7-5-4-6-8-20)22(27)14-29-23(28)18-9-11-19(12-10-18)24-17(3)26/h4-13H,14H2,1-3H3,(H,24,26). The average Bonchev–Trinajstić information content (AvgIpc) is 3.01. The third kappa shape index (κ3) is 4.60. The van der Waals surface area contributed by atoms with Gasteiger partial charge in [0.15, 0.2) is 6.61 Å². The van der Waals surface area contributed by atoms with Crippen molar-refractivity contribution >= 4 is 23.3 Å². The summed E-state index contributed by atoms with van der Waals surface area (Å²) < 4.78 is 7.19. The van der Waals surface area contributed by atoms with E-state index in [1.807, 2.05) is 48.7 Å². The highest BCUT2D eigenvalue weighted by Gasteiger charge is 2.18. The number of nitrogens with zero attached hydrogens (tertiary/aromatic N) is 1. The van der Waals surface area contributed by atoms with Gasteiger partial charge in [-0.1, -0.05) is 18.2 Å². The summed E-state index contributed by atoms with van der Waals surface area (Å²) in [4.78, 5) is 35.9. The first kappa shape index (κ1) is 20.1. The van der Waals surface area contributed by atoms with Gasteiger partial charge >= 0.3 is 5.97 Å². The van der Waals surface area contributed by atoms with Crippen molar-refractivity contribution in [3.63, 3.8) is 0 Å². The van der Waals surface area contributed by atoms with Crippen molar-refractivity contribution in [1.29, 1.82) is 0 Å². The number of esters is 1. The summed E-state index contributed by atoms with van der Waals surface area (Å²) in [7, 11) is 0. The van der Waals surface area contributed by atoms with E-state index in [9.17, 15) is 14.4 Å². The molecule has 0 aliphatic carbocycles. The SMILES string of the molecule is CC(=O)Nc1ccc(C(=O)OCC(=O)c2cc(C)n(-c3ccccc3)c2C)cc1. The summed E-state index contributed by atoms with van der Waals surface area (Å²) in [5.74, 6) is -1.05. The van der Waals surface area contributed by atoms with Gasteiger partial charge in [-0.05, 0) is 56.3 Å². The van der Waals surface area contributed by atoms with Gasteiger partial charge in [0.05, 0.1) is 5.56 Å². The van der Waals surface area contributed by atoms with Crippen LogP contribution in [0.5, 0.6) is 0 Å². The fourth-order valence-electron chi connectivity index (χ4n) is 3.20. The first-order chi connectivity index (χ1) is 13.9. The average molecular weight is 390 g/mol. The zero-order valence-corrected chi connectivity index (χ0v) is 16.6. The van der Waals surface area contributed by atoms with Crippen molar-refractivity contribution < 1.29 is 19.1 Å². The van der Waals surface area contributed by atoms with Crippen LogP contribution in [-0.2, 0) is 9.53 Å². The van der Waals surface area contributed by atoms with Crippen LogP contribution in [0.2, 0.25) is 0 Å². The Morgan fingerprint density at radius 3 is 2.24 bits per heavy atom. The molecular weight excluding hydrogens is 368 g/mol. The molecule has 0 unspecified atom stereocenters. The lowest BCUT2D eigenvalue weighted by Crippen LogP contribution is -2.15. The number of aromatic nitrogens is 1. The Morgan fingerprint density at radius 2 is 1.62 bits per heavy atom. The van der Waals surface area contributed by atoms with E-state index in [-0.39, 0.29) is 18.3 Å². The molecule has 3 aromatic rings. The maximum atomic E-state index is 12.6. The van der Waals surface area contributed by atoms with Crippen LogP contribution >= 0.6 is 0 Å². The molecule has 1 N–H and O–H groups in total. The van der Waals surface area contributed by atoms with Crippen LogP contribution in [-0.4, -0.2) is 28.8 Å².